The van der Waals surface area contributed by atoms with Crippen molar-refractivity contribution in [2.24, 2.45) is 0 Å². The Morgan fingerprint density at radius 3 is 1.34 bits per heavy atom. The van der Waals surface area contributed by atoms with Crippen molar-refractivity contribution in [3.63, 3.8) is 0 Å². The van der Waals surface area contributed by atoms with Gasteiger partial charge in [0.2, 0.25) is 5.91 Å². The molecule has 14 heteroatoms. The monoisotopic (exact) mass is 1110 g/mol. The topological polar surface area (TPSA) is 228 Å². The van der Waals surface area contributed by atoms with Gasteiger partial charge in [-0.15, -0.1) is 0 Å². The van der Waals surface area contributed by atoms with Gasteiger partial charge in [-0.1, -0.05) is 220 Å². The Labute approximate surface area is 476 Å². The van der Waals surface area contributed by atoms with Gasteiger partial charge in [-0.25, -0.2) is 0 Å². The molecule has 0 aromatic heterocycles. The van der Waals surface area contributed by atoms with Crippen LogP contribution in [0.2, 0.25) is 0 Å². The summed E-state index contributed by atoms with van der Waals surface area (Å²) in [6, 6.07) is -0.947. The van der Waals surface area contributed by atoms with Crippen molar-refractivity contribution >= 4 is 5.91 Å². The first-order chi connectivity index (χ1) is 38.6. The van der Waals surface area contributed by atoms with Crippen LogP contribution in [0.15, 0.2) is 109 Å². The molecule has 9 N–H and O–H groups in total. The van der Waals surface area contributed by atoms with Gasteiger partial charge >= 0.3 is 0 Å². The fourth-order valence-corrected chi connectivity index (χ4v) is 9.31. The minimum Gasteiger partial charge on any atom is -0.394 e. The Kier molecular flexibility index (Phi) is 44.8. The molecule has 2 aliphatic rings. The molecule has 1 amide bonds. The smallest absolute Gasteiger partial charge is 0.220 e. The summed E-state index contributed by atoms with van der Waals surface area (Å²) in [4.78, 5) is 13.3. The lowest BCUT2D eigenvalue weighted by molar-refractivity contribution is -0.359. The molecule has 14 nitrogen and oxygen atoms in total. The molecule has 452 valence electrons. The van der Waals surface area contributed by atoms with Gasteiger partial charge in [0.15, 0.2) is 12.6 Å². The van der Waals surface area contributed by atoms with E-state index in [1.807, 2.05) is 6.08 Å². The van der Waals surface area contributed by atoms with Gasteiger partial charge in [-0.05, 0) is 83.5 Å². The Morgan fingerprint density at radius 2 is 0.873 bits per heavy atom. The number of nitrogens with one attached hydrogen (secondary N) is 1. The van der Waals surface area contributed by atoms with E-state index < -0.39 is 86.8 Å². The number of carbonyl (C=O) groups excluding carboxylic acids is 1. The molecule has 2 fully saturated rings. The number of ether oxygens (including phenoxy) is 4. The van der Waals surface area contributed by atoms with E-state index in [9.17, 15) is 45.6 Å². The van der Waals surface area contributed by atoms with E-state index in [1.165, 1.54) is 83.5 Å². The summed E-state index contributed by atoms with van der Waals surface area (Å²) in [6.45, 7) is 2.65. The second-order valence-corrected chi connectivity index (χ2v) is 21.1. The molecule has 79 heavy (non-hydrogen) atoms. The summed E-state index contributed by atoms with van der Waals surface area (Å²) >= 11 is 0. The van der Waals surface area contributed by atoms with E-state index in [0.29, 0.717) is 6.42 Å². The van der Waals surface area contributed by atoms with E-state index in [2.05, 4.69) is 116 Å². The molecule has 0 aliphatic carbocycles. The Bertz CT molecular complexity index is 1740. The molecule has 2 rings (SSSR count). The summed E-state index contributed by atoms with van der Waals surface area (Å²) in [5.74, 6) is -0.286. The van der Waals surface area contributed by atoms with Crippen molar-refractivity contribution in [1.29, 1.82) is 0 Å². The van der Waals surface area contributed by atoms with Crippen LogP contribution in [-0.4, -0.2) is 140 Å². The van der Waals surface area contributed by atoms with Crippen LogP contribution in [0, 0.1) is 0 Å². The summed E-state index contributed by atoms with van der Waals surface area (Å²) in [7, 11) is 0. The lowest BCUT2D eigenvalue weighted by Crippen LogP contribution is -2.65. The summed E-state index contributed by atoms with van der Waals surface area (Å²) in [6.07, 6.45) is 52.6. The molecular formula is C65H109NO13. The van der Waals surface area contributed by atoms with Crippen molar-refractivity contribution in [1.82, 2.24) is 5.32 Å². The van der Waals surface area contributed by atoms with Crippen molar-refractivity contribution in [2.45, 2.75) is 274 Å². The third-order valence-electron chi connectivity index (χ3n) is 14.2. The molecule has 0 bridgehead atoms. The second-order valence-electron chi connectivity index (χ2n) is 21.1. The molecule has 12 unspecified atom stereocenters. The van der Waals surface area contributed by atoms with Crippen molar-refractivity contribution in [3.8, 4) is 0 Å². The fraction of sp³-hybridized carbons (Fsp3) is 0.708. The number of carbonyl (C=O) groups is 1. The van der Waals surface area contributed by atoms with Gasteiger partial charge in [0, 0.05) is 6.42 Å². The molecule has 0 saturated carbocycles. The molecule has 0 radical (unpaired) electrons. The highest BCUT2D eigenvalue weighted by Crippen LogP contribution is 2.30. The molecular weight excluding hydrogens is 1000 g/mol. The molecule has 12 atom stereocenters. The molecule has 2 aliphatic heterocycles. The zero-order chi connectivity index (χ0) is 57.4. The van der Waals surface area contributed by atoms with E-state index in [1.54, 1.807) is 6.08 Å². The van der Waals surface area contributed by atoms with Crippen LogP contribution >= 0.6 is 0 Å². The highest BCUT2D eigenvalue weighted by atomic mass is 16.7. The molecule has 0 aromatic rings. The highest BCUT2D eigenvalue weighted by Gasteiger charge is 2.51. The van der Waals surface area contributed by atoms with E-state index >= 15 is 0 Å². The Hall–Kier alpha value is -3.35. The first-order valence-corrected chi connectivity index (χ1v) is 30.6. The SMILES string of the molecule is CC/C=C\C/C=C\C/C=C\C/C=C\C/C=C\C/C=C\C/C=C\C/C=C\CCCCC(=O)NC(COC1OC(CO)C(OC2OC(CO)C(O)C(O)C2O)C(O)C1O)C(O)/C=C/CCCCCCCCCCCCCCCCCC. The van der Waals surface area contributed by atoms with E-state index in [-0.39, 0.29) is 18.9 Å². The van der Waals surface area contributed by atoms with Crippen LogP contribution in [0.1, 0.15) is 200 Å². The third-order valence-corrected chi connectivity index (χ3v) is 14.2. The number of aliphatic hydroxyl groups is 8. The highest BCUT2D eigenvalue weighted by molar-refractivity contribution is 5.76. The lowest BCUT2D eigenvalue weighted by Gasteiger charge is -2.46. The third kappa shape index (κ3) is 34.6. The number of hydrogen-bond acceptors (Lipinski definition) is 13. The van der Waals surface area contributed by atoms with Gasteiger partial charge in [0.05, 0.1) is 32.0 Å². The van der Waals surface area contributed by atoms with E-state index in [0.717, 1.165) is 89.9 Å². The van der Waals surface area contributed by atoms with Gasteiger partial charge in [0.25, 0.3) is 0 Å². The average molecular weight is 1110 g/mol. The average Bonchev–Trinajstić information content (AvgIpc) is 3.46. The normalized spacial score (nSPS) is 25.2. The summed E-state index contributed by atoms with van der Waals surface area (Å²) < 4.78 is 22.8. The molecule has 2 saturated heterocycles. The maximum atomic E-state index is 13.3. The van der Waals surface area contributed by atoms with Crippen molar-refractivity contribution in [3.05, 3.63) is 109 Å². The van der Waals surface area contributed by atoms with Crippen LogP contribution in [0.3, 0.4) is 0 Å². The maximum absolute atomic E-state index is 13.3. The largest absolute Gasteiger partial charge is 0.394 e. The Balaban J connectivity index is 1.79. The van der Waals surface area contributed by atoms with Crippen LogP contribution in [0.4, 0.5) is 0 Å². The molecule has 0 spiro atoms. The summed E-state index contributed by atoms with van der Waals surface area (Å²) in [5.41, 5.74) is 0. The zero-order valence-electron chi connectivity index (χ0n) is 48.6. The minimum absolute atomic E-state index is 0.219. The summed E-state index contributed by atoms with van der Waals surface area (Å²) in [5, 5.41) is 87.1. The second kappa shape index (κ2) is 49.3. The molecule has 2 heterocycles. The number of rotatable bonds is 47. The maximum Gasteiger partial charge on any atom is 0.220 e. The fourth-order valence-electron chi connectivity index (χ4n) is 9.31. The number of hydrogen-bond donors (Lipinski definition) is 9. The van der Waals surface area contributed by atoms with Crippen molar-refractivity contribution < 1.29 is 64.6 Å². The lowest BCUT2D eigenvalue weighted by atomic mass is 9.97. The Morgan fingerprint density at radius 1 is 0.468 bits per heavy atom. The van der Waals surface area contributed by atoms with Crippen molar-refractivity contribution in [2.75, 3.05) is 19.8 Å². The van der Waals surface area contributed by atoms with Crippen LogP contribution in [0.5, 0.6) is 0 Å². The van der Waals surface area contributed by atoms with Gasteiger partial charge in [-0.2, -0.15) is 0 Å². The number of allylic oxidation sites excluding steroid dienone is 17. The van der Waals surface area contributed by atoms with Gasteiger partial charge in [0.1, 0.15) is 48.8 Å². The van der Waals surface area contributed by atoms with Gasteiger partial charge < -0.3 is 65.1 Å². The van der Waals surface area contributed by atoms with E-state index in [4.69, 9.17) is 18.9 Å². The first-order valence-electron chi connectivity index (χ1n) is 30.6. The van der Waals surface area contributed by atoms with Crippen LogP contribution in [0.25, 0.3) is 0 Å². The standard InChI is InChI=1S/C65H109NO13/c1-3-5-7-9-11-13-15-17-19-21-23-24-25-26-27-28-29-30-31-33-35-37-39-41-43-45-47-49-57(70)66-53(54(69)48-46-44-42-40-38-36-34-32-22-20-18-16-14-12-10-8-6-4-2)52-76-64-62(75)60(73)63(56(51-68)78-64)79-65-61(74)59(72)58(71)55(50-67)77-65/h5,7,11,13,17,19,23-24,26-27,29-30,33,35,39,41,46,48,53-56,58-65,67-69,71-75H,3-4,6,8-10,12,14-16,18,20-22,25,28,31-32,34,36-38,40,42-45,47,49-52H2,1-2H3,(H,66,70)/b7-5-,13-11-,19-17-,24-23-,27-26-,30-29-,35-33-,41-39-,48-46+. The zero-order valence-corrected chi connectivity index (χ0v) is 48.6. The minimum atomic E-state index is -1.80. The van der Waals surface area contributed by atoms with Crippen LogP contribution < -0.4 is 5.32 Å². The predicted octanol–water partition coefficient (Wildman–Crippen LogP) is 10.8. The first kappa shape index (κ1) is 71.8. The van der Waals surface area contributed by atoms with Gasteiger partial charge in [-0.3, -0.25) is 4.79 Å². The number of unbranched alkanes of at least 4 members (excludes halogenated alkanes) is 18. The number of amides is 1. The predicted molar refractivity (Wildman–Crippen MR) is 318 cm³/mol. The quantitative estimate of drug-likeness (QED) is 0.0204. The van der Waals surface area contributed by atoms with Crippen LogP contribution in [-0.2, 0) is 23.7 Å². The number of aliphatic hydroxyl groups excluding tert-OH is 8. The molecule has 0 aromatic carbocycles.